The summed E-state index contributed by atoms with van der Waals surface area (Å²) in [5.74, 6) is -0.268. The highest BCUT2D eigenvalue weighted by Crippen LogP contribution is 2.14. The normalized spacial score (nSPS) is 10.7. The summed E-state index contributed by atoms with van der Waals surface area (Å²) < 4.78 is 0. The van der Waals surface area contributed by atoms with Gasteiger partial charge in [0.15, 0.2) is 0 Å². The van der Waals surface area contributed by atoms with Crippen molar-refractivity contribution in [2.75, 3.05) is 7.05 Å². The van der Waals surface area contributed by atoms with Gasteiger partial charge in [-0.3, -0.25) is 9.59 Å². The first kappa shape index (κ1) is 13.6. The predicted octanol–water partition coefficient (Wildman–Crippen LogP) is 2.86. The number of fused-ring (bicyclic) bond motifs is 1. The van der Waals surface area contributed by atoms with Gasteiger partial charge in [0.2, 0.25) is 0 Å². The predicted molar refractivity (Wildman–Crippen MR) is 84.7 cm³/mol. The van der Waals surface area contributed by atoms with Crippen molar-refractivity contribution in [1.29, 1.82) is 0 Å². The van der Waals surface area contributed by atoms with Crippen molar-refractivity contribution < 1.29 is 4.79 Å². The van der Waals surface area contributed by atoms with E-state index in [1.54, 1.807) is 29.4 Å². The molecule has 0 atom stereocenters. The van der Waals surface area contributed by atoms with Crippen molar-refractivity contribution in [3.05, 3.63) is 68.6 Å². The molecule has 0 saturated heterocycles. The lowest BCUT2D eigenvalue weighted by molar-refractivity contribution is 0.0785. The van der Waals surface area contributed by atoms with Crippen molar-refractivity contribution in [2.24, 2.45) is 0 Å². The highest BCUT2D eigenvalue weighted by Gasteiger charge is 2.16. The molecule has 4 nitrogen and oxygen atoms in total. The Morgan fingerprint density at radius 1 is 1.24 bits per heavy atom. The molecule has 1 N–H and O–H groups in total. The number of nitrogens with zero attached hydrogens (tertiary/aromatic N) is 1. The maximum absolute atomic E-state index is 12.4. The number of carbonyl (C=O) groups excluding carboxylic acids is 1. The molecule has 21 heavy (non-hydrogen) atoms. The maximum Gasteiger partial charge on any atom is 0.261 e. The average Bonchev–Trinajstić information content (AvgIpc) is 2.98. The first-order valence-corrected chi connectivity index (χ1v) is 7.43. The molecule has 1 amide bonds. The van der Waals surface area contributed by atoms with E-state index in [1.165, 1.54) is 0 Å². The highest BCUT2D eigenvalue weighted by molar-refractivity contribution is 7.09. The van der Waals surface area contributed by atoms with Gasteiger partial charge in [-0.05, 0) is 29.0 Å². The van der Waals surface area contributed by atoms with Crippen LogP contribution in [0.4, 0.5) is 0 Å². The zero-order chi connectivity index (χ0) is 14.8. The number of para-hydroxylation sites is 1. The lowest BCUT2D eigenvalue weighted by Gasteiger charge is -2.16. The number of H-pyrrole nitrogens is 1. The van der Waals surface area contributed by atoms with Crippen LogP contribution in [0, 0.1) is 0 Å². The standard InChI is InChI=1S/C16H14N2O2S/c1-18(10-12-6-4-8-21-12)16(20)13-9-11-5-2-3-7-14(11)17-15(13)19/h2-9H,10H2,1H3,(H,17,19). The minimum Gasteiger partial charge on any atom is -0.336 e. The molecule has 0 spiro atoms. The quantitative estimate of drug-likeness (QED) is 0.808. The van der Waals surface area contributed by atoms with Gasteiger partial charge in [-0.15, -0.1) is 11.3 Å². The fraction of sp³-hybridized carbons (Fsp3) is 0.125. The van der Waals surface area contributed by atoms with Gasteiger partial charge < -0.3 is 9.88 Å². The van der Waals surface area contributed by atoms with Crippen molar-refractivity contribution in [3.63, 3.8) is 0 Å². The Hall–Kier alpha value is -2.40. The van der Waals surface area contributed by atoms with E-state index >= 15 is 0 Å². The number of aromatic amines is 1. The molecule has 0 bridgehead atoms. The van der Waals surface area contributed by atoms with Crippen LogP contribution in [0.1, 0.15) is 15.2 Å². The second-order valence-corrected chi connectivity index (χ2v) is 5.87. The lowest BCUT2D eigenvalue weighted by Crippen LogP contribution is -2.31. The van der Waals surface area contributed by atoms with E-state index in [9.17, 15) is 9.59 Å². The number of hydrogen-bond acceptors (Lipinski definition) is 3. The van der Waals surface area contributed by atoms with Gasteiger partial charge in [-0.25, -0.2) is 0 Å². The van der Waals surface area contributed by atoms with Gasteiger partial charge in [0.25, 0.3) is 11.5 Å². The number of amides is 1. The zero-order valence-electron chi connectivity index (χ0n) is 11.5. The van der Waals surface area contributed by atoms with Crippen molar-refractivity contribution in [1.82, 2.24) is 9.88 Å². The Kier molecular flexibility index (Phi) is 3.58. The Balaban J connectivity index is 1.93. The molecule has 0 saturated carbocycles. The Morgan fingerprint density at radius 2 is 2.05 bits per heavy atom. The monoisotopic (exact) mass is 298 g/mol. The fourth-order valence-corrected chi connectivity index (χ4v) is 2.98. The minimum absolute atomic E-state index is 0.174. The molecule has 0 radical (unpaired) electrons. The van der Waals surface area contributed by atoms with E-state index < -0.39 is 0 Å². The third kappa shape index (κ3) is 2.73. The van der Waals surface area contributed by atoms with Gasteiger partial charge in [-0.2, -0.15) is 0 Å². The molecule has 0 fully saturated rings. The minimum atomic E-state index is -0.350. The van der Waals surface area contributed by atoms with E-state index in [-0.39, 0.29) is 17.0 Å². The van der Waals surface area contributed by atoms with Crippen molar-refractivity contribution >= 4 is 28.1 Å². The van der Waals surface area contributed by atoms with E-state index in [0.717, 1.165) is 15.8 Å². The summed E-state index contributed by atoms with van der Waals surface area (Å²) in [6, 6.07) is 13.0. The van der Waals surface area contributed by atoms with Crippen LogP contribution in [0.2, 0.25) is 0 Å². The van der Waals surface area contributed by atoms with Crippen LogP contribution in [0.3, 0.4) is 0 Å². The summed E-state index contributed by atoms with van der Waals surface area (Å²) >= 11 is 1.59. The van der Waals surface area contributed by atoms with E-state index in [0.29, 0.717) is 6.54 Å². The molecule has 1 aromatic carbocycles. The van der Waals surface area contributed by atoms with E-state index in [4.69, 9.17) is 0 Å². The fourth-order valence-electron chi connectivity index (χ4n) is 2.22. The third-order valence-corrected chi connectivity index (χ3v) is 4.16. The molecule has 2 heterocycles. The summed E-state index contributed by atoms with van der Waals surface area (Å²) in [7, 11) is 1.71. The summed E-state index contributed by atoms with van der Waals surface area (Å²) in [4.78, 5) is 29.9. The van der Waals surface area contributed by atoms with Gasteiger partial charge in [-0.1, -0.05) is 24.3 Å². The number of nitrogens with one attached hydrogen (secondary N) is 1. The molecule has 2 aromatic heterocycles. The van der Waals surface area contributed by atoms with Crippen LogP contribution >= 0.6 is 11.3 Å². The van der Waals surface area contributed by atoms with Crippen LogP contribution < -0.4 is 5.56 Å². The summed E-state index contributed by atoms with van der Waals surface area (Å²) in [5.41, 5.74) is 0.560. The third-order valence-electron chi connectivity index (χ3n) is 3.30. The number of hydrogen-bond donors (Lipinski definition) is 1. The maximum atomic E-state index is 12.4. The number of thiophene rings is 1. The van der Waals surface area contributed by atoms with Crippen LogP contribution in [-0.2, 0) is 6.54 Å². The molecule has 0 aliphatic heterocycles. The second-order valence-electron chi connectivity index (χ2n) is 4.84. The lowest BCUT2D eigenvalue weighted by atomic mass is 10.1. The summed E-state index contributed by atoms with van der Waals surface area (Å²) in [5, 5.41) is 2.82. The van der Waals surface area contributed by atoms with Crippen LogP contribution in [-0.4, -0.2) is 22.8 Å². The average molecular weight is 298 g/mol. The topological polar surface area (TPSA) is 53.2 Å². The Labute approximate surface area is 125 Å². The molecule has 5 heteroatoms. The molecule has 0 aliphatic rings. The Morgan fingerprint density at radius 3 is 2.81 bits per heavy atom. The summed E-state index contributed by atoms with van der Waals surface area (Å²) in [6.45, 7) is 0.503. The Bertz CT molecular complexity index is 837. The number of pyridine rings is 1. The van der Waals surface area contributed by atoms with Gasteiger partial charge >= 0.3 is 0 Å². The highest BCUT2D eigenvalue weighted by atomic mass is 32.1. The number of rotatable bonds is 3. The molecule has 106 valence electrons. The second kappa shape index (κ2) is 5.54. The number of aromatic nitrogens is 1. The van der Waals surface area contributed by atoms with Gasteiger partial charge in [0, 0.05) is 17.4 Å². The zero-order valence-corrected chi connectivity index (χ0v) is 12.3. The van der Waals surface area contributed by atoms with Crippen LogP contribution in [0.5, 0.6) is 0 Å². The largest absolute Gasteiger partial charge is 0.336 e. The number of carbonyl (C=O) groups is 1. The SMILES string of the molecule is CN(Cc1cccs1)C(=O)c1cc2ccccc2[nH]c1=O. The molecule has 0 aliphatic carbocycles. The van der Waals surface area contributed by atoms with Crippen LogP contribution in [0.15, 0.2) is 52.6 Å². The molecular weight excluding hydrogens is 284 g/mol. The van der Waals surface area contributed by atoms with Crippen LogP contribution in [0.25, 0.3) is 10.9 Å². The molecular formula is C16H14N2O2S. The first-order chi connectivity index (χ1) is 10.1. The summed E-state index contributed by atoms with van der Waals surface area (Å²) in [6.07, 6.45) is 0. The van der Waals surface area contributed by atoms with Crippen molar-refractivity contribution in [2.45, 2.75) is 6.54 Å². The first-order valence-electron chi connectivity index (χ1n) is 6.55. The van der Waals surface area contributed by atoms with Gasteiger partial charge in [0.1, 0.15) is 5.56 Å². The number of benzene rings is 1. The van der Waals surface area contributed by atoms with Gasteiger partial charge in [0.05, 0.1) is 6.54 Å². The molecule has 0 unspecified atom stereocenters. The smallest absolute Gasteiger partial charge is 0.261 e. The van der Waals surface area contributed by atoms with E-state index in [1.807, 2.05) is 41.8 Å². The van der Waals surface area contributed by atoms with Crippen molar-refractivity contribution in [3.8, 4) is 0 Å². The van der Waals surface area contributed by atoms with E-state index in [2.05, 4.69) is 4.98 Å². The molecule has 3 rings (SSSR count). The molecule has 3 aromatic rings.